The number of unbranched alkanes of at least 4 members (excludes halogenated alkanes) is 11. The van der Waals surface area contributed by atoms with E-state index in [4.69, 9.17) is 4.74 Å². The Bertz CT molecular complexity index is 563. The van der Waals surface area contributed by atoms with Crippen LogP contribution in [0, 0.1) is 0 Å². The van der Waals surface area contributed by atoms with E-state index in [0.717, 1.165) is 24.1 Å². The zero-order valence-corrected chi connectivity index (χ0v) is 19.8. The van der Waals surface area contributed by atoms with Crippen molar-refractivity contribution in [2.45, 2.75) is 103 Å². The summed E-state index contributed by atoms with van der Waals surface area (Å²) in [5.41, 5.74) is 2.19. The van der Waals surface area contributed by atoms with Gasteiger partial charge in [0.1, 0.15) is 6.61 Å². The fourth-order valence-corrected chi connectivity index (χ4v) is 3.47. The molecular formula is C27H45NO2. The molecule has 1 aromatic carbocycles. The first-order chi connectivity index (χ1) is 14.6. The summed E-state index contributed by atoms with van der Waals surface area (Å²) in [6.45, 7) is 2.64. The van der Waals surface area contributed by atoms with Crippen LogP contribution in [0.15, 0.2) is 36.4 Å². The second-order valence-corrected chi connectivity index (χ2v) is 8.56. The molecule has 0 amide bonds. The van der Waals surface area contributed by atoms with E-state index in [2.05, 4.69) is 24.0 Å². The number of rotatable bonds is 18. The molecule has 3 nitrogen and oxygen atoms in total. The lowest BCUT2D eigenvalue weighted by Gasteiger charge is -2.12. The maximum atomic E-state index is 11.9. The largest absolute Gasteiger partial charge is 0.461 e. The summed E-state index contributed by atoms with van der Waals surface area (Å²) >= 11 is 0. The molecule has 0 bridgehead atoms. The second kappa shape index (κ2) is 18.0. The maximum Gasteiger partial charge on any atom is 0.306 e. The monoisotopic (exact) mass is 415 g/mol. The van der Waals surface area contributed by atoms with Crippen molar-refractivity contribution < 1.29 is 9.53 Å². The van der Waals surface area contributed by atoms with Crippen LogP contribution in [0.1, 0.15) is 102 Å². The van der Waals surface area contributed by atoms with Crippen molar-refractivity contribution in [1.29, 1.82) is 0 Å². The number of carbonyl (C=O) groups is 1. The first kappa shape index (κ1) is 26.3. The Morgan fingerprint density at radius 2 is 1.33 bits per heavy atom. The third-order valence-corrected chi connectivity index (χ3v) is 5.50. The summed E-state index contributed by atoms with van der Waals surface area (Å²) in [5.74, 6) is -0.0793. The standard InChI is InChI=1S/C27H45NO2/c1-4-5-6-7-8-9-10-11-12-13-14-15-16-17-18-19-27(29)30-24-25-20-22-26(23-21-25)28(2)3/h11-12,20-23H,4-10,13-19,24H2,1-3H3. The lowest BCUT2D eigenvalue weighted by molar-refractivity contribution is -0.145. The number of ether oxygens (including phenoxy) is 1. The third-order valence-electron chi connectivity index (χ3n) is 5.50. The van der Waals surface area contributed by atoms with Crippen LogP contribution in [-0.2, 0) is 16.1 Å². The van der Waals surface area contributed by atoms with Gasteiger partial charge in [0.2, 0.25) is 0 Å². The molecule has 0 N–H and O–H groups in total. The van der Waals surface area contributed by atoms with Gasteiger partial charge in [0.15, 0.2) is 0 Å². The fourth-order valence-electron chi connectivity index (χ4n) is 3.47. The van der Waals surface area contributed by atoms with Crippen molar-refractivity contribution >= 4 is 11.7 Å². The molecule has 0 aliphatic carbocycles. The number of benzene rings is 1. The zero-order valence-electron chi connectivity index (χ0n) is 19.8. The maximum absolute atomic E-state index is 11.9. The Balaban J connectivity index is 1.90. The van der Waals surface area contributed by atoms with Gasteiger partial charge in [-0.25, -0.2) is 0 Å². The van der Waals surface area contributed by atoms with E-state index in [9.17, 15) is 4.79 Å². The fraction of sp³-hybridized carbons (Fsp3) is 0.667. The van der Waals surface area contributed by atoms with E-state index in [0.29, 0.717) is 13.0 Å². The van der Waals surface area contributed by atoms with Gasteiger partial charge in [-0.2, -0.15) is 0 Å². The van der Waals surface area contributed by atoms with Crippen molar-refractivity contribution in [3.63, 3.8) is 0 Å². The average Bonchev–Trinajstić information content (AvgIpc) is 2.75. The Labute approximate surface area is 185 Å². The van der Waals surface area contributed by atoms with Crippen molar-refractivity contribution in [1.82, 2.24) is 0 Å². The van der Waals surface area contributed by atoms with Gasteiger partial charge in [0.25, 0.3) is 0 Å². The minimum Gasteiger partial charge on any atom is -0.461 e. The van der Waals surface area contributed by atoms with Gasteiger partial charge < -0.3 is 9.64 Å². The Morgan fingerprint density at radius 1 is 0.800 bits per heavy atom. The van der Waals surface area contributed by atoms with Crippen LogP contribution in [0.5, 0.6) is 0 Å². The molecule has 0 heterocycles. The molecule has 0 atom stereocenters. The minimum absolute atomic E-state index is 0.0793. The van der Waals surface area contributed by atoms with Crippen molar-refractivity contribution in [3.8, 4) is 0 Å². The highest BCUT2D eigenvalue weighted by molar-refractivity contribution is 5.69. The highest BCUT2D eigenvalue weighted by Crippen LogP contribution is 2.14. The summed E-state index contributed by atoms with van der Waals surface area (Å²) in [6.07, 6.45) is 21.7. The van der Waals surface area contributed by atoms with Crippen LogP contribution in [0.25, 0.3) is 0 Å². The highest BCUT2D eigenvalue weighted by Gasteiger charge is 2.04. The summed E-state index contributed by atoms with van der Waals surface area (Å²) in [6, 6.07) is 8.13. The lowest BCUT2D eigenvalue weighted by Crippen LogP contribution is -2.08. The summed E-state index contributed by atoms with van der Waals surface area (Å²) in [4.78, 5) is 13.9. The van der Waals surface area contributed by atoms with Crippen LogP contribution in [0.4, 0.5) is 5.69 Å². The topological polar surface area (TPSA) is 29.5 Å². The number of anilines is 1. The SMILES string of the molecule is CCCCCCCCC=CCCCCCCCC(=O)OCc1ccc(N(C)C)cc1. The molecule has 0 saturated carbocycles. The number of esters is 1. The molecule has 0 radical (unpaired) electrons. The van der Waals surface area contributed by atoms with Crippen molar-refractivity contribution in [3.05, 3.63) is 42.0 Å². The molecule has 0 aliphatic rings. The normalized spacial score (nSPS) is 11.2. The van der Waals surface area contributed by atoms with Crippen LogP contribution in [0.3, 0.4) is 0 Å². The average molecular weight is 416 g/mol. The third kappa shape index (κ3) is 14.3. The minimum atomic E-state index is -0.0793. The molecule has 170 valence electrons. The van der Waals surface area contributed by atoms with Crippen molar-refractivity contribution in [2.24, 2.45) is 0 Å². The molecule has 0 aliphatic heterocycles. The van der Waals surface area contributed by atoms with Gasteiger partial charge in [-0.05, 0) is 49.8 Å². The summed E-state index contributed by atoms with van der Waals surface area (Å²) in [5, 5.41) is 0. The number of allylic oxidation sites excluding steroid dienone is 2. The molecule has 1 rings (SSSR count). The number of hydrogen-bond acceptors (Lipinski definition) is 3. The van der Waals surface area contributed by atoms with Crippen LogP contribution >= 0.6 is 0 Å². The van der Waals surface area contributed by atoms with E-state index >= 15 is 0 Å². The van der Waals surface area contributed by atoms with Crippen LogP contribution < -0.4 is 4.90 Å². The second-order valence-electron chi connectivity index (χ2n) is 8.56. The molecule has 30 heavy (non-hydrogen) atoms. The lowest BCUT2D eigenvalue weighted by atomic mass is 10.1. The van der Waals surface area contributed by atoms with Gasteiger partial charge in [0.05, 0.1) is 0 Å². The van der Waals surface area contributed by atoms with Gasteiger partial charge >= 0.3 is 5.97 Å². The van der Waals surface area contributed by atoms with Crippen molar-refractivity contribution in [2.75, 3.05) is 19.0 Å². The van der Waals surface area contributed by atoms with E-state index in [-0.39, 0.29) is 5.97 Å². The van der Waals surface area contributed by atoms with E-state index in [1.807, 2.05) is 38.4 Å². The molecule has 0 unspecified atom stereocenters. The smallest absolute Gasteiger partial charge is 0.306 e. The molecule has 0 fully saturated rings. The van der Waals surface area contributed by atoms with E-state index in [1.54, 1.807) is 0 Å². The first-order valence-corrected chi connectivity index (χ1v) is 12.2. The van der Waals surface area contributed by atoms with Crippen LogP contribution in [-0.4, -0.2) is 20.1 Å². The van der Waals surface area contributed by atoms with Gasteiger partial charge in [0, 0.05) is 26.2 Å². The molecule has 0 spiro atoms. The highest BCUT2D eigenvalue weighted by atomic mass is 16.5. The van der Waals surface area contributed by atoms with Gasteiger partial charge in [-0.3, -0.25) is 4.79 Å². The van der Waals surface area contributed by atoms with Gasteiger partial charge in [-0.15, -0.1) is 0 Å². The Kier molecular flexibility index (Phi) is 15.8. The molecule has 0 aromatic heterocycles. The first-order valence-electron chi connectivity index (χ1n) is 12.2. The quantitative estimate of drug-likeness (QED) is 0.139. The zero-order chi connectivity index (χ0) is 21.9. The molecular weight excluding hydrogens is 370 g/mol. The van der Waals surface area contributed by atoms with E-state index in [1.165, 1.54) is 70.6 Å². The predicted octanol–water partition coefficient (Wildman–Crippen LogP) is 7.83. The van der Waals surface area contributed by atoms with Crippen LogP contribution in [0.2, 0.25) is 0 Å². The summed E-state index contributed by atoms with van der Waals surface area (Å²) < 4.78 is 5.39. The Morgan fingerprint density at radius 3 is 1.90 bits per heavy atom. The van der Waals surface area contributed by atoms with E-state index < -0.39 is 0 Å². The molecule has 3 heteroatoms. The molecule has 0 saturated heterocycles. The summed E-state index contributed by atoms with van der Waals surface area (Å²) in [7, 11) is 4.03. The number of nitrogens with zero attached hydrogens (tertiary/aromatic N) is 1. The molecule has 1 aromatic rings. The number of carbonyl (C=O) groups excluding carboxylic acids is 1. The predicted molar refractivity (Wildman–Crippen MR) is 130 cm³/mol. The number of hydrogen-bond donors (Lipinski definition) is 0. The van der Waals surface area contributed by atoms with Gasteiger partial charge in [-0.1, -0.05) is 82.6 Å². The Hall–Kier alpha value is -1.77.